The second kappa shape index (κ2) is 1.99. The Balaban J connectivity index is 2.53. The molecule has 2 heteroatoms. The SMILES string of the molecule is CC1=Cc2cc(Br)oc2C1. The molecule has 52 valence electrons. The summed E-state index contributed by atoms with van der Waals surface area (Å²) >= 11 is 3.28. The molecule has 0 bridgehead atoms. The number of hydrogen-bond acceptors (Lipinski definition) is 1. The number of halogens is 1. The zero-order valence-electron chi connectivity index (χ0n) is 5.65. The van der Waals surface area contributed by atoms with E-state index in [1.165, 1.54) is 11.1 Å². The van der Waals surface area contributed by atoms with Crippen molar-refractivity contribution in [2.75, 3.05) is 0 Å². The van der Waals surface area contributed by atoms with Crippen LogP contribution in [0, 0.1) is 0 Å². The van der Waals surface area contributed by atoms with Crippen molar-refractivity contribution in [3.05, 3.63) is 27.6 Å². The van der Waals surface area contributed by atoms with Gasteiger partial charge in [-0.1, -0.05) is 11.6 Å². The lowest BCUT2D eigenvalue weighted by molar-refractivity contribution is 0.499. The molecule has 0 atom stereocenters. The Kier molecular flexibility index (Phi) is 1.24. The number of fused-ring (bicyclic) bond motifs is 1. The van der Waals surface area contributed by atoms with Crippen molar-refractivity contribution in [1.82, 2.24) is 0 Å². The van der Waals surface area contributed by atoms with Gasteiger partial charge < -0.3 is 4.42 Å². The molecule has 0 N–H and O–H groups in total. The maximum absolute atomic E-state index is 5.36. The van der Waals surface area contributed by atoms with Crippen LogP contribution in [-0.2, 0) is 6.42 Å². The summed E-state index contributed by atoms with van der Waals surface area (Å²) < 4.78 is 6.20. The predicted octanol–water partition coefficient (Wildman–Crippen LogP) is 3.00. The molecule has 0 aliphatic heterocycles. The van der Waals surface area contributed by atoms with E-state index in [0.29, 0.717) is 0 Å². The molecule has 10 heavy (non-hydrogen) atoms. The third kappa shape index (κ3) is 0.833. The molecule has 0 spiro atoms. The normalized spacial score (nSPS) is 15.2. The quantitative estimate of drug-likeness (QED) is 0.625. The Morgan fingerprint density at radius 2 is 2.40 bits per heavy atom. The van der Waals surface area contributed by atoms with E-state index >= 15 is 0 Å². The maximum Gasteiger partial charge on any atom is 0.170 e. The molecule has 0 fully saturated rings. The van der Waals surface area contributed by atoms with E-state index < -0.39 is 0 Å². The van der Waals surface area contributed by atoms with Gasteiger partial charge in [0.1, 0.15) is 5.76 Å². The zero-order chi connectivity index (χ0) is 7.14. The van der Waals surface area contributed by atoms with Crippen molar-refractivity contribution in [3.8, 4) is 0 Å². The average molecular weight is 199 g/mol. The predicted molar refractivity (Wildman–Crippen MR) is 43.8 cm³/mol. The first-order valence-corrected chi connectivity index (χ1v) is 4.00. The number of furan rings is 1. The first kappa shape index (κ1) is 6.23. The highest BCUT2D eigenvalue weighted by Crippen LogP contribution is 2.29. The van der Waals surface area contributed by atoms with Crippen LogP contribution in [-0.4, -0.2) is 0 Å². The van der Waals surface area contributed by atoms with Gasteiger partial charge >= 0.3 is 0 Å². The summed E-state index contributed by atoms with van der Waals surface area (Å²) in [7, 11) is 0. The molecular formula is C8H7BrO. The minimum Gasteiger partial charge on any atom is -0.453 e. The van der Waals surface area contributed by atoms with Gasteiger partial charge in [-0.05, 0) is 28.9 Å². The first-order chi connectivity index (χ1) is 4.75. The van der Waals surface area contributed by atoms with E-state index in [9.17, 15) is 0 Å². The van der Waals surface area contributed by atoms with Crippen molar-refractivity contribution in [1.29, 1.82) is 0 Å². The van der Waals surface area contributed by atoms with Crippen molar-refractivity contribution >= 4 is 22.0 Å². The number of rotatable bonds is 0. The van der Waals surface area contributed by atoms with Gasteiger partial charge in [-0.25, -0.2) is 0 Å². The van der Waals surface area contributed by atoms with E-state index in [0.717, 1.165) is 16.9 Å². The fourth-order valence-electron chi connectivity index (χ4n) is 1.24. The molecule has 0 saturated heterocycles. The lowest BCUT2D eigenvalue weighted by atomic mass is 10.3. The molecule has 0 amide bonds. The lowest BCUT2D eigenvalue weighted by Crippen LogP contribution is -1.74. The summed E-state index contributed by atoms with van der Waals surface area (Å²) in [5.41, 5.74) is 2.60. The highest BCUT2D eigenvalue weighted by molar-refractivity contribution is 9.10. The standard InChI is InChI=1S/C8H7BrO/c1-5-2-6-4-8(9)10-7(6)3-5/h2,4H,3H2,1H3. The molecule has 0 radical (unpaired) electrons. The van der Waals surface area contributed by atoms with E-state index in [-0.39, 0.29) is 0 Å². The Hall–Kier alpha value is -0.500. The summed E-state index contributed by atoms with van der Waals surface area (Å²) in [5.74, 6) is 1.09. The van der Waals surface area contributed by atoms with Crippen LogP contribution < -0.4 is 0 Å². The molecule has 1 aromatic heterocycles. The van der Waals surface area contributed by atoms with E-state index in [1.807, 2.05) is 6.07 Å². The second-order valence-electron chi connectivity index (χ2n) is 2.60. The minimum atomic E-state index is 0.834. The van der Waals surface area contributed by atoms with Crippen molar-refractivity contribution < 1.29 is 4.42 Å². The zero-order valence-corrected chi connectivity index (χ0v) is 7.23. The van der Waals surface area contributed by atoms with Crippen LogP contribution in [0.1, 0.15) is 18.2 Å². The van der Waals surface area contributed by atoms with Crippen LogP contribution in [0.4, 0.5) is 0 Å². The van der Waals surface area contributed by atoms with E-state index in [2.05, 4.69) is 28.9 Å². The molecule has 0 saturated carbocycles. The highest BCUT2D eigenvalue weighted by Gasteiger charge is 2.13. The van der Waals surface area contributed by atoms with Gasteiger partial charge in [0.05, 0.1) is 0 Å². The van der Waals surface area contributed by atoms with E-state index in [4.69, 9.17) is 4.42 Å². The van der Waals surface area contributed by atoms with Gasteiger partial charge in [-0.3, -0.25) is 0 Å². The largest absolute Gasteiger partial charge is 0.453 e. The third-order valence-corrected chi connectivity index (χ3v) is 2.04. The molecular weight excluding hydrogens is 192 g/mol. The smallest absolute Gasteiger partial charge is 0.170 e. The van der Waals surface area contributed by atoms with Crippen LogP contribution >= 0.6 is 15.9 Å². The van der Waals surface area contributed by atoms with Crippen molar-refractivity contribution in [2.24, 2.45) is 0 Å². The summed E-state index contributed by atoms with van der Waals surface area (Å²) in [4.78, 5) is 0. The lowest BCUT2D eigenvalue weighted by Gasteiger charge is -1.86. The topological polar surface area (TPSA) is 13.1 Å². The Morgan fingerprint density at radius 1 is 1.60 bits per heavy atom. The third-order valence-electron chi connectivity index (χ3n) is 1.65. The Bertz CT molecular complexity index is 296. The first-order valence-electron chi connectivity index (χ1n) is 3.21. The fourth-order valence-corrected chi connectivity index (χ4v) is 1.68. The van der Waals surface area contributed by atoms with Crippen LogP contribution in [0.15, 0.2) is 20.7 Å². The molecule has 1 aliphatic rings. The van der Waals surface area contributed by atoms with Gasteiger partial charge in [0, 0.05) is 12.0 Å². The van der Waals surface area contributed by atoms with Crippen LogP contribution in [0.3, 0.4) is 0 Å². The summed E-state index contributed by atoms with van der Waals surface area (Å²) in [6.07, 6.45) is 3.13. The molecule has 0 unspecified atom stereocenters. The Labute approximate surface area is 67.9 Å². The summed E-state index contributed by atoms with van der Waals surface area (Å²) in [6.45, 7) is 2.11. The highest BCUT2D eigenvalue weighted by atomic mass is 79.9. The molecule has 2 rings (SSSR count). The maximum atomic E-state index is 5.36. The number of allylic oxidation sites excluding steroid dienone is 1. The molecule has 1 heterocycles. The second-order valence-corrected chi connectivity index (χ2v) is 3.38. The Morgan fingerprint density at radius 3 is 3.10 bits per heavy atom. The van der Waals surface area contributed by atoms with Gasteiger partial charge in [-0.2, -0.15) is 0 Å². The fraction of sp³-hybridized carbons (Fsp3) is 0.250. The molecule has 0 aromatic carbocycles. The molecule has 1 aliphatic carbocycles. The summed E-state index contributed by atoms with van der Waals surface area (Å²) in [6, 6.07) is 2.01. The summed E-state index contributed by atoms with van der Waals surface area (Å²) in [5, 5.41) is 0. The van der Waals surface area contributed by atoms with Crippen LogP contribution in [0.2, 0.25) is 0 Å². The monoisotopic (exact) mass is 198 g/mol. The average Bonchev–Trinajstić information content (AvgIpc) is 2.21. The number of hydrogen-bond donors (Lipinski definition) is 0. The molecule has 1 aromatic rings. The molecule has 1 nitrogen and oxygen atoms in total. The minimum absolute atomic E-state index is 0.834. The van der Waals surface area contributed by atoms with Crippen molar-refractivity contribution in [3.63, 3.8) is 0 Å². The van der Waals surface area contributed by atoms with Crippen LogP contribution in [0.5, 0.6) is 0 Å². The van der Waals surface area contributed by atoms with Gasteiger partial charge in [0.2, 0.25) is 0 Å². The van der Waals surface area contributed by atoms with Gasteiger partial charge in [0.15, 0.2) is 4.67 Å². The van der Waals surface area contributed by atoms with Gasteiger partial charge in [0.25, 0.3) is 0 Å². The van der Waals surface area contributed by atoms with Gasteiger partial charge in [-0.15, -0.1) is 0 Å². The van der Waals surface area contributed by atoms with E-state index in [1.54, 1.807) is 0 Å². The van der Waals surface area contributed by atoms with Crippen molar-refractivity contribution in [2.45, 2.75) is 13.3 Å². The van der Waals surface area contributed by atoms with Crippen LogP contribution in [0.25, 0.3) is 6.08 Å².